The molecule has 0 bridgehead atoms. The highest BCUT2D eigenvalue weighted by atomic mass is 15.2. The lowest BCUT2D eigenvalue weighted by molar-refractivity contribution is 0.768. The Morgan fingerprint density at radius 2 is 2.08 bits per heavy atom. The van der Waals surface area contributed by atoms with Crippen LogP contribution in [0, 0.1) is 6.92 Å². The van der Waals surface area contributed by atoms with Crippen LogP contribution in [0.4, 0.5) is 0 Å². The van der Waals surface area contributed by atoms with Crippen molar-refractivity contribution in [3.63, 3.8) is 0 Å². The standard InChI is InChI=1S/C18H18N6/c1-11-12(8-19)4-3-5-14(11)15-6-7-20-18-16(15)22-17(23-18)13-9-21-24(2)10-13/h3-7,9-10H,8,19H2,1-2H3,(H,20,22,23). The summed E-state index contributed by atoms with van der Waals surface area (Å²) in [6.45, 7) is 2.62. The summed E-state index contributed by atoms with van der Waals surface area (Å²) in [6, 6.07) is 8.19. The lowest BCUT2D eigenvalue weighted by Gasteiger charge is -2.10. The topological polar surface area (TPSA) is 85.4 Å². The predicted octanol–water partition coefficient (Wildman–Crippen LogP) is 2.79. The van der Waals surface area contributed by atoms with E-state index in [0.717, 1.165) is 39.2 Å². The molecule has 4 rings (SSSR count). The van der Waals surface area contributed by atoms with Crippen LogP contribution in [0.2, 0.25) is 0 Å². The fraction of sp³-hybridized carbons (Fsp3) is 0.167. The van der Waals surface area contributed by atoms with Crippen molar-refractivity contribution in [3.05, 3.63) is 54.0 Å². The molecule has 0 saturated heterocycles. The highest BCUT2D eigenvalue weighted by Gasteiger charge is 2.14. The van der Waals surface area contributed by atoms with Crippen molar-refractivity contribution in [2.45, 2.75) is 13.5 Å². The molecule has 0 radical (unpaired) electrons. The van der Waals surface area contributed by atoms with Crippen molar-refractivity contribution in [3.8, 4) is 22.5 Å². The van der Waals surface area contributed by atoms with E-state index in [2.05, 4.69) is 34.1 Å². The Hall–Kier alpha value is -2.99. The van der Waals surface area contributed by atoms with E-state index in [-0.39, 0.29) is 0 Å². The van der Waals surface area contributed by atoms with Crippen molar-refractivity contribution < 1.29 is 0 Å². The van der Waals surface area contributed by atoms with Crippen molar-refractivity contribution in [2.24, 2.45) is 12.8 Å². The second-order valence-electron chi connectivity index (χ2n) is 5.84. The van der Waals surface area contributed by atoms with Gasteiger partial charge in [-0.1, -0.05) is 18.2 Å². The lowest BCUT2D eigenvalue weighted by atomic mass is 9.96. The van der Waals surface area contributed by atoms with E-state index in [9.17, 15) is 0 Å². The second-order valence-corrected chi connectivity index (χ2v) is 5.84. The zero-order valence-corrected chi connectivity index (χ0v) is 13.6. The van der Waals surface area contributed by atoms with E-state index in [4.69, 9.17) is 10.7 Å². The molecular formula is C18H18N6. The molecule has 0 spiro atoms. The maximum absolute atomic E-state index is 5.85. The normalized spacial score (nSPS) is 11.3. The van der Waals surface area contributed by atoms with Gasteiger partial charge in [0.1, 0.15) is 11.3 Å². The van der Waals surface area contributed by atoms with Crippen LogP contribution >= 0.6 is 0 Å². The highest BCUT2D eigenvalue weighted by Crippen LogP contribution is 2.31. The number of aromatic amines is 1. The fourth-order valence-electron chi connectivity index (χ4n) is 3.00. The molecule has 3 heterocycles. The Morgan fingerprint density at radius 3 is 2.83 bits per heavy atom. The first-order valence-electron chi connectivity index (χ1n) is 7.80. The molecular weight excluding hydrogens is 300 g/mol. The van der Waals surface area contributed by atoms with Crippen molar-refractivity contribution >= 4 is 11.2 Å². The van der Waals surface area contributed by atoms with E-state index >= 15 is 0 Å². The molecule has 1 aromatic carbocycles. The van der Waals surface area contributed by atoms with Crippen LogP contribution in [-0.4, -0.2) is 24.7 Å². The van der Waals surface area contributed by atoms with Crippen LogP contribution in [0.5, 0.6) is 0 Å². The van der Waals surface area contributed by atoms with Crippen LogP contribution in [0.1, 0.15) is 11.1 Å². The molecule has 0 aliphatic carbocycles. The monoisotopic (exact) mass is 318 g/mol. The van der Waals surface area contributed by atoms with Gasteiger partial charge in [0.25, 0.3) is 0 Å². The molecule has 0 amide bonds. The van der Waals surface area contributed by atoms with E-state index in [1.807, 2.05) is 25.4 Å². The summed E-state index contributed by atoms with van der Waals surface area (Å²) in [5.41, 5.74) is 12.9. The molecule has 3 aromatic heterocycles. The molecule has 120 valence electrons. The van der Waals surface area contributed by atoms with Gasteiger partial charge in [-0.05, 0) is 29.7 Å². The van der Waals surface area contributed by atoms with E-state index in [0.29, 0.717) is 6.54 Å². The fourth-order valence-corrected chi connectivity index (χ4v) is 3.00. The molecule has 24 heavy (non-hydrogen) atoms. The van der Waals surface area contributed by atoms with E-state index < -0.39 is 0 Å². The molecule has 0 atom stereocenters. The van der Waals surface area contributed by atoms with E-state index in [1.54, 1.807) is 17.1 Å². The van der Waals surface area contributed by atoms with Crippen molar-refractivity contribution in [1.82, 2.24) is 24.7 Å². The number of pyridine rings is 1. The van der Waals surface area contributed by atoms with Gasteiger partial charge >= 0.3 is 0 Å². The molecule has 0 fully saturated rings. The summed E-state index contributed by atoms with van der Waals surface area (Å²) >= 11 is 0. The predicted molar refractivity (Wildman–Crippen MR) is 94.2 cm³/mol. The number of nitrogens with two attached hydrogens (primary N) is 1. The number of nitrogens with one attached hydrogen (secondary N) is 1. The summed E-state index contributed by atoms with van der Waals surface area (Å²) in [5.74, 6) is 0.769. The number of hydrogen-bond donors (Lipinski definition) is 2. The first-order chi connectivity index (χ1) is 11.7. The van der Waals surface area contributed by atoms with Crippen LogP contribution in [0.25, 0.3) is 33.7 Å². The summed E-state index contributed by atoms with van der Waals surface area (Å²) < 4.78 is 1.76. The van der Waals surface area contributed by atoms with Gasteiger partial charge in [0.15, 0.2) is 5.65 Å². The van der Waals surface area contributed by atoms with Gasteiger partial charge in [0.05, 0.1) is 11.8 Å². The SMILES string of the molecule is Cc1c(CN)cccc1-c1ccnc2[nH]c(-c3cnn(C)c3)nc12. The van der Waals surface area contributed by atoms with Gasteiger partial charge in [-0.15, -0.1) is 0 Å². The molecule has 0 aliphatic heterocycles. The third-order valence-corrected chi connectivity index (χ3v) is 4.32. The number of aromatic nitrogens is 5. The van der Waals surface area contributed by atoms with Gasteiger partial charge < -0.3 is 10.7 Å². The Morgan fingerprint density at radius 1 is 1.21 bits per heavy atom. The Labute approximate surface area is 139 Å². The molecule has 0 aliphatic rings. The quantitative estimate of drug-likeness (QED) is 0.608. The molecule has 6 heteroatoms. The maximum atomic E-state index is 5.85. The Kier molecular flexibility index (Phi) is 3.39. The minimum absolute atomic E-state index is 0.523. The van der Waals surface area contributed by atoms with Crippen molar-refractivity contribution in [1.29, 1.82) is 0 Å². The van der Waals surface area contributed by atoms with Crippen LogP contribution in [-0.2, 0) is 13.6 Å². The number of benzene rings is 1. The molecule has 0 unspecified atom stereocenters. The zero-order chi connectivity index (χ0) is 16.7. The largest absolute Gasteiger partial charge is 0.326 e. The summed E-state index contributed by atoms with van der Waals surface area (Å²) in [6.07, 6.45) is 5.52. The van der Waals surface area contributed by atoms with Gasteiger partial charge in [0, 0.05) is 31.5 Å². The number of aryl methyl sites for hydroxylation is 1. The zero-order valence-electron chi connectivity index (χ0n) is 13.6. The molecule has 6 nitrogen and oxygen atoms in total. The minimum atomic E-state index is 0.523. The summed E-state index contributed by atoms with van der Waals surface area (Å²) in [5, 5.41) is 4.20. The third kappa shape index (κ3) is 2.28. The number of imidazole rings is 1. The molecule has 3 N–H and O–H groups in total. The Bertz CT molecular complexity index is 1030. The van der Waals surface area contributed by atoms with E-state index in [1.165, 1.54) is 5.56 Å². The lowest BCUT2D eigenvalue weighted by Crippen LogP contribution is -2.00. The third-order valence-electron chi connectivity index (χ3n) is 4.32. The van der Waals surface area contributed by atoms with Crippen molar-refractivity contribution in [2.75, 3.05) is 0 Å². The first-order valence-corrected chi connectivity index (χ1v) is 7.80. The highest BCUT2D eigenvalue weighted by molar-refractivity contribution is 5.92. The van der Waals surface area contributed by atoms with Crippen LogP contribution < -0.4 is 5.73 Å². The number of fused-ring (bicyclic) bond motifs is 1. The number of hydrogen-bond acceptors (Lipinski definition) is 4. The summed E-state index contributed by atoms with van der Waals surface area (Å²) in [4.78, 5) is 12.5. The van der Waals surface area contributed by atoms with Crippen LogP contribution in [0.15, 0.2) is 42.9 Å². The Balaban J connectivity index is 1.92. The number of rotatable bonds is 3. The average Bonchev–Trinajstić information content (AvgIpc) is 3.20. The maximum Gasteiger partial charge on any atom is 0.158 e. The number of nitrogens with zero attached hydrogens (tertiary/aromatic N) is 4. The first kappa shape index (κ1) is 14.6. The van der Waals surface area contributed by atoms with Gasteiger partial charge in [0.2, 0.25) is 0 Å². The summed E-state index contributed by atoms with van der Waals surface area (Å²) in [7, 11) is 1.89. The van der Waals surface area contributed by atoms with Gasteiger partial charge in [-0.25, -0.2) is 9.97 Å². The van der Waals surface area contributed by atoms with Crippen LogP contribution in [0.3, 0.4) is 0 Å². The second kappa shape index (κ2) is 5.58. The van der Waals surface area contributed by atoms with Gasteiger partial charge in [-0.3, -0.25) is 4.68 Å². The molecule has 4 aromatic rings. The number of H-pyrrole nitrogens is 1. The molecule has 0 saturated carbocycles. The minimum Gasteiger partial charge on any atom is -0.326 e. The average molecular weight is 318 g/mol. The smallest absolute Gasteiger partial charge is 0.158 e. The van der Waals surface area contributed by atoms with Gasteiger partial charge in [-0.2, -0.15) is 5.10 Å².